The van der Waals surface area contributed by atoms with Gasteiger partial charge in [-0.3, -0.25) is 4.84 Å². The number of hydrogen-bond donors (Lipinski definition) is 0. The highest BCUT2D eigenvalue weighted by molar-refractivity contribution is 5.74. The van der Waals surface area contributed by atoms with E-state index in [0.29, 0.717) is 6.42 Å². The molecule has 5 heteroatoms. The molecule has 186 valence electrons. The predicted octanol–water partition coefficient (Wildman–Crippen LogP) is 8.75. The fourth-order valence-corrected chi connectivity index (χ4v) is 4.31. The molecule has 2 nitrogen and oxygen atoms in total. The summed E-state index contributed by atoms with van der Waals surface area (Å²) in [5.41, 5.74) is 1.11. The first kappa shape index (κ1) is 27.5. The maximum absolute atomic E-state index is 12.1. The number of benzene rings is 1. The van der Waals surface area contributed by atoms with Crippen LogP contribution < -0.4 is 9.57 Å². The molecule has 0 aliphatic heterocycles. The third kappa shape index (κ3) is 13.5. The summed E-state index contributed by atoms with van der Waals surface area (Å²) in [4.78, 5) is 5.93. The first-order valence-electron chi connectivity index (χ1n) is 13.2. The van der Waals surface area contributed by atoms with Gasteiger partial charge in [0.2, 0.25) is 6.20 Å². The van der Waals surface area contributed by atoms with Crippen molar-refractivity contribution in [3.05, 3.63) is 42.6 Å². The van der Waals surface area contributed by atoms with Crippen molar-refractivity contribution >= 4 is 10.9 Å². The van der Waals surface area contributed by atoms with E-state index in [0.717, 1.165) is 37.8 Å². The van der Waals surface area contributed by atoms with Crippen molar-refractivity contribution in [2.24, 2.45) is 0 Å². The molecule has 0 amide bonds. The third-order valence-electron chi connectivity index (χ3n) is 6.26. The summed E-state index contributed by atoms with van der Waals surface area (Å²) in [5, 5.41) is 1.19. The number of rotatable bonds is 19. The molecular weight excluding hydrogens is 423 g/mol. The summed E-state index contributed by atoms with van der Waals surface area (Å²) in [6, 6.07) is 12.4. The lowest BCUT2D eigenvalue weighted by Crippen LogP contribution is -2.43. The Bertz CT molecular complexity index is 742. The van der Waals surface area contributed by atoms with E-state index in [2.05, 4.69) is 18.2 Å². The number of fused-ring (bicyclic) bond motifs is 1. The van der Waals surface area contributed by atoms with Crippen molar-refractivity contribution in [3.63, 3.8) is 0 Å². The number of pyridine rings is 1. The topological polar surface area (TPSA) is 13.1 Å². The Morgan fingerprint density at radius 2 is 1.03 bits per heavy atom. The van der Waals surface area contributed by atoms with Crippen LogP contribution in [0.15, 0.2) is 42.6 Å². The quantitative estimate of drug-likeness (QED) is 0.149. The Kier molecular flexibility index (Phi) is 14.0. The second-order valence-electron chi connectivity index (χ2n) is 9.25. The number of hydrogen-bond acceptors (Lipinski definition) is 1. The highest BCUT2D eigenvalue weighted by atomic mass is 19.4. The minimum absolute atomic E-state index is 0.293. The molecule has 0 fully saturated rings. The van der Waals surface area contributed by atoms with E-state index in [1.165, 1.54) is 76.0 Å². The summed E-state index contributed by atoms with van der Waals surface area (Å²) in [7, 11) is 0. The second kappa shape index (κ2) is 16.8. The standard InChI is InChI=1S/C28H43F3NO/c29-28(30,31)23-17-13-11-9-7-5-3-1-2-4-6-8-10-12-14-18-25-33-32-24-19-21-26-20-15-16-22-27(26)32/h15-16,19-22,24H,1-14,17-18,23,25H2/q+1. The molecule has 2 aromatic rings. The first-order valence-corrected chi connectivity index (χ1v) is 13.2. The Balaban J connectivity index is 1.30. The third-order valence-corrected chi connectivity index (χ3v) is 6.26. The van der Waals surface area contributed by atoms with Gasteiger partial charge in [0.1, 0.15) is 0 Å². The molecule has 0 unspecified atom stereocenters. The number of nitrogens with zero attached hydrogens (tertiary/aromatic N) is 1. The van der Waals surface area contributed by atoms with Crippen LogP contribution in [0.2, 0.25) is 0 Å². The van der Waals surface area contributed by atoms with Gasteiger partial charge in [-0.25, -0.2) is 0 Å². The van der Waals surface area contributed by atoms with Crippen molar-refractivity contribution in [2.45, 2.75) is 115 Å². The Labute approximate surface area is 198 Å². The van der Waals surface area contributed by atoms with Crippen molar-refractivity contribution in [1.29, 1.82) is 0 Å². The molecule has 2 rings (SSSR count). The molecule has 0 radical (unpaired) electrons. The van der Waals surface area contributed by atoms with Gasteiger partial charge in [-0.2, -0.15) is 13.2 Å². The molecule has 33 heavy (non-hydrogen) atoms. The van der Waals surface area contributed by atoms with Crippen LogP contribution in [0.25, 0.3) is 10.9 Å². The first-order chi connectivity index (χ1) is 16.1. The van der Waals surface area contributed by atoms with E-state index in [4.69, 9.17) is 4.84 Å². The molecular formula is C28H43F3NO+. The van der Waals surface area contributed by atoms with E-state index in [1.807, 2.05) is 29.1 Å². The molecule has 1 aromatic heterocycles. The van der Waals surface area contributed by atoms with Gasteiger partial charge < -0.3 is 0 Å². The normalized spacial score (nSPS) is 11.8. The van der Waals surface area contributed by atoms with Gasteiger partial charge >= 0.3 is 6.18 Å². The van der Waals surface area contributed by atoms with Crippen molar-refractivity contribution < 1.29 is 22.7 Å². The molecule has 0 spiro atoms. The highest BCUT2D eigenvalue weighted by Gasteiger charge is 2.25. The molecule has 1 heterocycles. The lowest BCUT2D eigenvalue weighted by atomic mass is 10.0. The van der Waals surface area contributed by atoms with Crippen LogP contribution in [0.3, 0.4) is 0 Å². The van der Waals surface area contributed by atoms with E-state index < -0.39 is 12.6 Å². The summed E-state index contributed by atoms with van der Waals surface area (Å²) < 4.78 is 38.0. The lowest BCUT2D eigenvalue weighted by Gasteiger charge is -2.06. The molecule has 0 atom stereocenters. The molecule has 0 aliphatic rings. The van der Waals surface area contributed by atoms with Crippen LogP contribution in [0.1, 0.15) is 109 Å². The molecule has 0 aliphatic carbocycles. The lowest BCUT2D eigenvalue weighted by molar-refractivity contribution is -0.871. The molecule has 0 saturated heterocycles. The average Bonchev–Trinajstić information content (AvgIpc) is 2.80. The van der Waals surface area contributed by atoms with Crippen molar-refractivity contribution in [1.82, 2.24) is 0 Å². The van der Waals surface area contributed by atoms with E-state index in [1.54, 1.807) is 0 Å². The Morgan fingerprint density at radius 3 is 1.58 bits per heavy atom. The molecule has 1 aromatic carbocycles. The average molecular weight is 467 g/mol. The van der Waals surface area contributed by atoms with Crippen LogP contribution in [-0.2, 0) is 0 Å². The summed E-state index contributed by atoms with van der Waals surface area (Å²) in [5.74, 6) is 0. The second-order valence-corrected chi connectivity index (χ2v) is 9.25. The van der Waals surface area contributed by atoms with Gasteiger partial charge in [-0.15, -0.1) is 0 Å². The zero-order chi connectivity index (χ0) is 23.6. The number of para-hydroxylation sites is 1. The van der Waals surface area contributed by atoms with Gasteiger partial charge in [-0.05, 0) is 31.4 Å². The van der Waals surface area contributed by atoms with E-state index in [9.17, 15) is 13.2 Å². The van der Waals surface area contributed by atoms with Crippen molar-refractivity contribution in [3.8, 4) is 0 Å². The minimum Gasteiger partial charge on any atom is -0.271 e. The van der Waals surface area contributed by atoms with Crippen LogP contribution >= 0.6 is 0 Å². The molecule has 0 N–H and O–H groups in total. The fourth-order valence-electron chi connectivity index (χ4n) is 4.31. The van der Waals surface area contributed by atoms with Crippen molar-refractivity contribution in [2.75, 3.05) is 6.61 Å². The molecule has 0 saturated carbocycles. The zero-order valence-electron chi connectivity index (χ0n) is 20.3. The minimum atomic E-state index is -3.98. The number of alkyl halides is 3. The van der Waals surface area contributed by atoms with E-state index >= 15 is 0 Å². The summed E-state index contributed by atoms with van der Waals surface area (Å²) in [6.07, 6.45) is 15.7. The van der Waals surface area contributed by atoms with Gasteiger partial charge in [0.25, 0.3) is 5.52 Å². The maximum atomic E-state index is 12.1. The van der Waals surface area contributed by atoms with Crippen LogP contribution in [0, 0.1) is 0 Å². The summed E-state index contributed by atoms with van der Waals surface area (Å²) >= 11 is 0. The zero-order valence-corrected chi connectivity index (χ0v) is 20.3. The van der Waals surface area contributed by atoms with Gasteiger partial charge in [0.15, 0.2) is 6.61 Å². The summed E-state index contributed by atoms with van der Waals surface area (Å²) in [6.45, 7) is 0.756. The Morgan fingerprint density at radius 1 is 0.576 bits per heavy atom. The van der Waals surface area contributed by atoms with Gasteiger partial charge in [0, 0.05) is 23.3 Å². The fraction of sp³-hybridized carbons (Fsp3) is 0.679. The number of unbranched alkanes of at least 4 members (excludes halogenated alkanes) is 15. The SMILES string of the molecule is FC(F)(F)CCCCCCCCCCCCCCCCCCO[n+]1cccc2ccccc21. The maximum Gasteiger partial charge on any atom is 0.389 e. The van der Waals surface area contributed by atoms with Gasteiger partial charge in [0.05, 0.1) is 5.39 Å². The van der Waals surface area contributed by atoms with Gasteiger partial charge in [-0.1, -0.05) is 95.6 Å². The largest absolute Gasteiger partial charge is 0.389 e. The predicted molar refractivity (Wildman–Crippen MR) is 130 cm³/mol. The highest BCUT2D eigenvalue weighted by Crippen LogP contribution is 2.23. The number of aromatic nitrogens is 1. The van der Waals surface area contributed by atoms with Crippen LogP contribution in [0.4, 0.5) is 13.2 Å². The number of halogens is 3. The van der Waals surface area contributed by atoms with Crippen LogP contribution in [0.5, 0.6) is 0 Å². The van der Waals surface area contributed by atoms with Crippen LogP contribution in [-0.4, -0.2) is 12.8 Å². The monoisotopic (exact) mass is 466 g/mol. The smallest absolute Gasteiger partial charge is 0.271 e. The Hall–Kier alpha value is -1.78. The van der Waals surface area contributed by atoms with E-state index in [-0.39, 0.29) is 0 Å². The molecule has 0 bridgehead atoms.